The summed E-state index contributed by atoms with van der Waals surface area (Å²) in [5, 5.41) is 0. The summed E-state index contributed by atoms with van der Waals surface area (Å²) in [7, 11) is -1.55. The van der Waals surface area contributed by atoms with Gasteiger partial charge in [0.05, 0.1) is 18.6 Å². The molecule has 1 aliphatic rings. The maximum Gasteiger partial charge on any atom is 0.154 e. The van der Waals surface area contributed by atoms with Crippen molar-refractivity contribution >= 4 is 9.84 Å². The molecule has 1 saturated carbocycles. The van der Waals surface area contributed by atoms with Crippen molar-refractivity contribution in [2.75, 3.05) is 12.9 Å². The van der Waals surface area contributed by atoms with Crippen molar-refractivity contribution in [3.63, 3.8) is 0 Å². The lowest BCUT2D eigenvalue weighted by atomic mass is 10.1. The molecule has 1 fully saturated rings. The van der Waals surface area contributed by atoms with Crippen molar-refractivity contribution in [1.29, 1.82) is 0 Å². The van der Waals surface area contributed by atoms with Crippen LogP contribution in [0, 0.1) is 5.92 Å². The number of ether oxygens (including phenoxy) is 1. The van der Waals surface area contributed by atoms with E-state index in [0.29, 0.717) is 23.0 Å². The third-order valence-electron chi connectivity index (χ3n) is 4.17. The number of methoxy groups -OCH3 is 1. The molecule has 4 nitrogen and oxygen atoms in total. The predicted octanol–water partition coefficient (Wildman–Crippen LogP) is 2.82. The van der Waals surface area contributed by atoms with Gasteiger partial charge in [-0.15, -0.1) is 0 Å². The number of rotatable bonds is 6. The molecule has 1 unspecified atom stereocenters. The molecule has 0 saturated heterocycles. The van der Waals surface area contributed by atoms with Crippen LogP contribution in [0.4, 0.5) is 0 Å². The van der Waals surface area contributed by atoms with Crippen molar-refractivity contribution < 1.29 is 13.2 Å². The number of nitrogens with two attached hydrogens (primary N) is 1. The lowest BCUT2D eigenvalue weighted by Gasteiger charge is -2.14. The fourth-order valence-corrected chi connectivity index (χ4v) is 4.90. The van der Waals surface area contributed by atoms with E-state index in [9.17, 15) is 8.42 Å². The number of hydrogen-bond donors (Lipinski definition) is 1. The van der Waals surface area contributed by atoms with E-state index in [1.807, 2.05) is 19.1 Å². The fourth-order valence-electron chi connectivity index (χ4n) is 3.03. The van der Waals surface area contributed by atoms with E-state index in [1.165, 1.54) is 0 Å². The predicted molar refractivity (Wildman–Crippen MR) is 85.0 cm³/mol. The Bertz CT molecular complexity index is 575. The first-order valence-corrected chi connectivity index (χ1v) is 9.36. The maximum absolute atomic E-state index is 12.4. The quantitative estimate of drug-likeness (QED) is 0.877. The van der Waals surface area contributed by atoms with Crippen LogP contribution >= 0.6 is 0 Å². The van der Waals surface area contributed by atoms with E-state index < -0.39 is 9.84 Å². The highest BCUT2D eigenvalue weighted by atomic mass is 32.2. The van der Waals surface area contributed by atoms with Gasteiger partial charge in [-0.1, -0.05) is 18.9 Å². The van der Waals surface area contributed by atoms with Crippen LogP contribution in [0.5, 0.6) is 5.75 Å². The molecule has 0 amide bonds. The molecular formula is C16H25NO3S. The molecule has 5 heteroatoms. The number of sulfone groups is 1. The van der Waals surface area contributed by atoms with Gasteiger partial charge in [0.25, 0.3) is 0 Å². The molecule has 118 valence electrons. The highest BCUT2D eigenvalue weighted by Crippen LogP contribution is 2.29. The van der Waals surface area contributed by atoms with Gasteiger partial charge in [-0.25, -0.2) is 8.42 Å². The van der Waals surface area contributed by atoms with Crippen LogP contribution in [0.1, 0.15) is 49.8 Å². The standard InChI is InChI=1S/C16H25NO3S/c1-12(17)14-7-8-16(20-2)15(9-14)11-21(18,19)10-13-5-3-4-6-13/h7-9,12-13H,3-6,10-11,17H2,1-2H3. The van der Waals surface area contributed by atoms with Gasteiger partial charge >= 0.3 is 0 Å². The molecular weight excluding hydrogens is 286 g/mol. The average Bonchev–Trinajstić information content (AvgIpc) is 2.90. The first-order valence-electron chi connectivity index (χ1n) is 7.54. The molecule has 1 aromatic rings. The van der Waals surface area contributed by atoms with Gasteiger partial charge < -0.3 is 10.5 Å². The molecule has 0 aromatic heterocycles. The topological polar surface area (TPSA) is 69.4 Å². The minimum Gasteiger partial charge on any atom is -0.496 e. The zero-order valence-electron chi connectivity index (χ0n) is 12.8. The molecule has 2 N–H and O–H groups in total. The summed E-state index contributed by atoms with van der Waals surface area (Å²) in [5.41, 5.74) is 7.53. The van der Waals surface area contributed by atoms with E-state index in [0.717, 1.165) is 31.2 Å². The van der Waals surface area contributed by atoms with Gasteiger partial charge in [0.15, 0.2) is 9.84 Å². The second-order valence-electron chi connectivity index (χ2n) is 6.07. The molecule has 1 atom stereocenters. The summed E-state index contributed by atoms with van der Waals surface area (Å²) < 4.78 is 30.1. The SMILES string of the molecule is COc1ccc(C(C)N)cc1CS(=O)(=O)CC1CCCC1. The zero-order valence-corrected chi connectivity index (χ0v) is 13.7. The van der Waals surface area contributed by atoms with Crippen molar-refractivity contribution in [3.8, 4) is 5.75 Å². The summed E-state index contributed by atoms with van der Waals surface area (Å²) in [6.07, 6.45) is 4.39. The lowest BCUT2D eigenvalue weighted by molar-refractivity contribution is 0.410. The van der Waals surface area contributed by atoms with Crippen LogP contribution in [0.2, 0.25) is 0 Å². The molecule has 1 aromatic carbocycles. The largest absolute Gasteiger partial charge is 0.496 e. The van der Waals surface area contributed by atoms with Crippen LogP contribution in [0.15, 0.2) is 18.2 Å². The fraction of sp³-hybridized carbons (Fsp3) is 0.625. The molecule has 0 heterocycles. The molecule has 0 spiro atoms. The van der Waals surface area contributed by atoms with Gasteiger partial charge in [0.2, 0.25) is 0 Å². The Morgan fingerprint density at radius 3 is 2.57 bits per heavy atom. The van der Waals surface area contributed by atoms with Gasteiger partial charge in [-0.3, -0.25) is 0 Å². The van der Waals surface area contributed by atoms with E-state index >= 15 is 0 Å². The van der Waals surface area contributed by atoms with Crippen LogP contribution in [-0.4, -0.2) is 21.3 Å². The Morgan fingerprint density at radius 1 is 1.33 bits per heavy atom. The average molecular weight is 311 g/mol. The Kier molecular flexibility index (Phi) is 5.27. The van der Waals surface area contributed by atoms with E-state index in [-0.39, 0.29) is 11.8 Å². The Labute approximate surface area is 127 Å². The van der Waals surface area contributed by atoms with Gasteiger partial charge in [0, 0.05) is 11.6 Å². The van der Waals surface area contributed by atoms with Gasteiger partial charge in [0.1, 0.15) is 5.75 Å². The van der Waals surface area contributed by atoms with E-state index in [2.05, 4.69) is 0 Å². The van der Waals surface area contributed by atoms with Crippen molar-refractivity contribution in [1.82, 2.24) is 0 Å². The first-order chi connectivity index (χ1) is 9.91. The molecule has 1 aliphatic carbocycles. The summed E-state index contributed by atoms with van der Waals surface area (Å²) in [6.45, 7) is 1.89. The Balaban J connectivity index is 2.18. The van der Waals surface area contributed by atoms with Crippen LogP contribution in [-0.2, 0) is 15.6 Å². The van der Waals surface area contributed by atoms with Crippen LogP contribution in [0.3, 0.4) is 0 Å². The van der Waals surface area contributed by atoms with E-state index in [4.69, 9.17) is 10.5 Å². The summed E-state index contributed by atoms with van der Waals surface area (Å²) in [5.74, 6) is 1.28. The van der Waals surface area contributed by atoms with Crippen LogP contribution in [0.25, 0.3) is 0 Å². The normalized spacial score (nSPS) is 17.9. The van der Waals surface area contributed by atoms with Crippen molar-refractivity contribution in [2.24, 2.45) is 11.7 Å². The van der Waals surface area contributed by atoms with Crippen LogP contribution < -0.4 is 10.5 Å². The molecule has 21 heavy (non-hydrogen) atoms. The van der Waals surface area contributed by atoms with Crippen molar-refractivity contribution in [2.45, 2.75) is 44.4 Å². The monoisotopic (exact) mass is 311 g/mol. The van der Waals surface area contributed by atoms with Gasteiger partial charge in [-0.05, 0) is 43.4 Å². The smallest absolute Gasteiger partial charge is 0.154 e. The summed E-state index contributed by atoms with van der Waals surface area (Å²) in [4.78, 5) is 0. The summed E-state index contributed by atoms with van der Waals surface area (Å²) >= 11 is 0. The minimum absolute atomic E-state index is 0.0350. The minimum atomic E-state index is -3.11. The second kappa shape index (κ2) is 6.79. The Morgan fingerprint density at radius 2 is 2.00 bits per heavy atom. The molecule has 0 radical (unpaired) electrons. The maximum atomic E-state index is 12.4. The summed E-state index contributed by atoms with van der Waals surface area (Å²) in [6, 6.07) is 5.43. The zero-order chi connectivity index (χ0) is 15.5. The number of benzene rings is 1. The second-order valence-corrected chi connectivity index (χ2v) is 8.17. The third-order valence-corrected chi connectivity index (χ3v) is 5.90. The molecule has 0 aliphatic heterocycles. The molecule has 0 bridgehead atoms. The highest BCUT2D eigenvalue weighted by Gasteiger charge is 2.24. The van der Waals surface area contributed by atoms with E-state index in [1.54, 1.807) is 13.2 Å². The lowest BCUT2D eigenvalue weighted by Crippen LogP contribution is -2.16. The van der Waals surface area contributed by atoms with Crippen molar-refractivity contribution in [3.05, 3.63) is 29.3 Å². The number of hydrogen-bond acceptors (Lipinski definition) is 4. The Hall–Kier alpha value is -1.07. The first kappa shape index (κ1) is 16.3. The van der Waals surface area contributed by atoms with Gasteiger partial charge in [-0.2, -0.15) is 0 Å². The highest BCUT2D eigenvalue weighted by molar-refractivity contribution is 7.90. The molecule has 2 rings (SSSR count). The third kappa shape index (κ3) is 4.45.